The number of hydrogen-bond acceptors (Lipinski definition) is 8. The van der Waals surface area contributed by atoms with E-state index in [-0.39, 0.29) is 43.6 Å². The molecule has 1 amide bonds. The summed E-state index contributed by atoms with van der Waals surface area (Å²) < 4.78 is 32.5. The molecular formula is C30H40F2N7O2SY-. The average Bonchev–Trinajstić information content (AvgIpc) is 3.76. The van der Waals surface area contributed by atoms with Crippen LogP contribution in [-0.4, -0.2) is 67.7 Å². The molecule has 1 radical (unpaired) electrons. The molecule has 1 aliphatic carbocycles. The Morgan fingerprint density at radius 1 is 1.26 bits per heavy atom. The molecule has 0 saturated heterocycles. The van der Waals surface area contributed by atoms with Crippen LogP contribution in [0.4, 0.5) is 8.78 Å². The van der Waals surface area contributed by atoms with E-state index in [1.807, 2.05) is 27.7 Å². The van der Waals surface area contributed by atoms with E-state index < -0.39 is 18.4 Å². The van der Waals surface area contributed by atoms with Gasteiger partial charge in [-0.3, -0.25) is 15.5 Å². The standard InChI is InChI=1S/C26H28F2N7O2S.2C2H6.Y/c1-29-10-11-30-9-3-4-17-12-18(19-13-21(24(27)28)32-15-22(19)37-2)20(14-31-17)25(36)33-26-35-34-23(38-26)8-7-16-5-6-16;2*1-2;/h12-16,21,23-24,30,32,34H,5-6,9-11H2,1-2H3,(H,33,35,36);2*1-2H3;/q-1;;;. The van der Waals surface area contributed by atoms with Gasteiger partial charge in [-0.05, 0) is 49.2 Å². The predicted octanol–water partition coefficient (Wildman–Crippen LogP) is 4.26. The fourth-order valence-corrected chi connectivity index (χ4v) is 4.20. The van der Waals surface area contributed by atoms with Crippen LogP contribution in [0, 0.1) is 29.6 Å². The van der Waals surface area contributed by atoms with Crippen LogP contribution in [0.1, 0.15) is 62.2 Å². The Balaban J connectivity index is 0.00000177. The second kappa shape index (κ2) is 21.3. The van der Waals surface area contributed by atoms with Crippen molar-refractivity contribution < 1.29 is 51.0 Å². The number of ether oxygens (including phenoxy) is 1. The summed E-state index contributed by atoms with van der Waals surface area (Å²) in [6.07, 6.45) is 3.66. The Bertz CT molecular complexity index is 1260. The van der Waals surface area contributed by atoms with Gasteiger partial charge in [0.05, 0.1) is 19.2 Å². The van der Waals surface area contributed by atoms with Crippen LogP contribution in [0.15, 0.2) is 35.4 Å². The van der Waals surface area contributed by atoms with E-state index in [9.17, 15) is 13.6 Å². The maximum absolute atomic E-state index is 13.6. The molecule has 2 atom stereocenters. The molecule has 2 aliphatic heterocycles. The van der Waals surface area contributed by atoms with Gasteiger partial charge in [-0.1, -0.05) is 45.5 Å². The van der Waals surface area contributed by atoms with Gasteiger partial charge in [0.25, 0.3) is 12.3 Å². The number of halogens is 2. The van der Waals surface area contributed by atoms with Crippen molar-refractivity contribution in [1.29, 1.82) is 0 Å². The summed E-state index contributed by atoms with van der Waals surface area (Å²) in [4.78, 5) is 17.6. The molecule has 9 nitrogen and oxygen atoms in total. The number of allylic oxidation sites excluding steroid dienone is 1. The largest absolute Gasteiger partial charge is 0.664 e. The molecule has 13 heteroatoms. The van der Waals surface area contributed by atoms with E-state index in [0.717, 1.165) is 12.8 Å². The van der Waals surface area contributed by atoms with Crippen LogP contribution < -0.4 is 21.4 Å². The Morgan fingerprint density at radius 2 is 2.00 bits per heavy atom. The van der Waals surface area contributed by atoms with Gasteiger partial charge in [-0.15, -0.1) is 6.54 Å². The first-order valence-electron chi connectivity index (χ1n) is 14.1. The number of amides is 1. The van der Waals surface area contributed by atoms with Gasteiger partial charge in [-0.25, -0.2) is 13.8 Å². The van der Waals surface area contributed by atoms with E-state index in [2.05, 4.69) is 60.5 Å². The maximum atomic E-state index is 13.6. The molecule has 0 aromatic carbocycles. The second-order valence-electron chi connectivity index (χ2n) is 8.51. The molecule has 0 bridgehead atoms. The SMILES string of the molecule is CC.CC.C[N-]CCNCC#Cc1cc(C2=CC(C(F)F)NC=C2OC)c(C(=O)NC2=NNC(C#CC3CC3)S2)cn1.[Y]. The van der Waals surface area contributed by atoms with Gasteiger partial charge in [-0.2, -0.15) is 12.1 Å². The smallest absolute Gasteiger partial charge is 0.261 e. The van der Waals surface area contributed by atoms with Crippen molar-refractivity contribution in [3.8, 4) is 23.7 Å². The number of dihydropyridines is 1. The predicted molar refractivity (Wildman–Crippen MR) is 167 cm³/mol. The Labute approximate surface area is 283 Å². The fourth-order valence-electron chi connectivity index (χ4n) is 3.49. The molecule has 43 heavy (non-hydrogen) atoms. The summed E-state index contributed by atoms with van der Waals surface area (Å²) in [6, 6.07) is 0.349. The minimum Gasteiger partial charge on any atom is -0.664 e. The van der Waals surface area contributed by atoms with Gasteiger partial charge in [0.15, 0.2) is 10.5 Å². The first-order valence-corrected chi connectivity index (χ1v) is 14.9. The molecular weight excluding hydrogens is 649 g/mol. The summed E-state index contributed by atoms with van der Waals surface area (Å²) in [5, 5.41) is 16.8. The van der Waals surface area contributed by atoms with Crippen molar-refractivity contribution in [1.82, 2.24) is 26.4 Å². The Kier molecular flexibility index (Phi) is 19.1. The zero-order valence-corrected chi connectivity index (χ0v) is 29.2. The average molecular weight is 690 g/mol. The molecule has 2 unspecified atom stereocenters. The molecule has 4 rings (SSSR count). The van der Waals surface area contributed by atoms with E-state index in [4.69, 9.17) is 4.74 Å². The zero-order chi connectivity index (χ0) is 30.9. The number of carbonyl (C=O) groups excluding carboxylic acids is 1. The fraction of sp³-hybridized carbons (Fsp3) is 0.500. The number of thioether (sulfide) groups is 1. The van der Waals surface area contributed by atoms with Crippen molar-refractivity contribution in [3.05, 3.63) is 52.4 Å². The number of carbonyl (C=O) groups is 1. The van der Waals surface area contributed by atoms with Crippen LogP contribution in [-0.2, 0) is 37.4 Å². The summed E-state index contributed by atoms with van der Waals surface area (Å²) in [5.41, 5.74) is 4.14. The zero-order valence-electron chi connectivity index (χ0n) is 25.6. The monoisotopic (exact) mass is 689 g/mol. The van der Waals surface area contributed by atoms with Crippen LogP contribution in [0.25, 0.3) is 10.9 Å². The number of likely N-dealkylation sites (N-methyl/N-ethyl adjacent to an activating group) is 1. The topological polar surface area (TPSA) is 114 Å². The quantitative estimate of drug-likeness (QED) is 0.239. The number of aromatic nitrogens is 1. The van der Waals surface area contributed by atoms with Crippen molar-refractivity contribution in [2.75, 3.05) is 33.8 Å². The molecule has 4 N–H and O–H groups in total. The minimum atomic E-state index is -2.66. The van der Waals surface area contributed by atoms with Crippen LogP contribution in [0.2, 0.25) is 0 Å². The number of rotatable bonds is 8. The number of hydrogen-bond donors (Lipinski definition) is 4. The first kappa shape index (κ1) is 38.5. The molecule has 3 heterocycles. The number of nitrogens with zero attached hydrogens (tertiary/aromatic N) is 3. The van der Waals surface area contributed by atoms with Gasteiger partial charge in [0, 0.05) is 62.2 Å². The molecule has 231 valence electrons. The van der Waals surface area contributed by atoms with Crippen molar-refractivity contribution in [2.24, 2.45) is 11.0 Å². The van der Waals surface area contributed by atoms with Crippen molar-refractivity contribution in [2.45, 2.75) is 58.4 Å². The van der Waals surface area contributed by atoms with E-state index in [1.54, 1.807) is 13.1 Å². The number of alkyl halides is 2. The molecule has 3 aliphatic rings. The number of hydrazone groups is 1. The van der Waals surface area contributed by atoms with E-state index >= 15 is 0 Å². The molecule has 1 aromatic rings. The third kappa shape index (κ3) is 12.6. The van der Waals surface area contributed by atoms with E-state index in [1.165, 1.54) is 37.3 Å². The first-order chi connectivity index (χ1) is 20.5. The molecule has 0 spiro atoms. The molecule has 1 saturated carbocycles. The maximum Gasteiger partial charge on any atom is 0.261 e. The third-order valence-corrected chi connectivity index (χ3v) is 6.50. The Morgan fingerprint density at radius 3 is 2.65 bits per heavy atom. The van der Waals surface area contributed by atoms with Crippen molar-refractivity contribution in [3.63, 3.8) is 0 Å². The van der Waals surface area contributed by atoms with E-state index in [0.29, 0.717) is 53.3 Å². The minimum absolute atomic E-state index is 0. The van der Waals surface area contributed by atoms with Gasteiger partial charge < -0.3 is 20.7 Å². The summed E-state index contributed by atoms with van der Waals surface area (Å²) in [6.45, 7) is 9.80. The Hall–Kier alpha value is -2.48. The molecule has 1 aromatic heterocycles. The van der Waals surface area contributed by atoms with Gasteiger partial charge in [0.2, 0.25) is 0 Å². The number of pyridine rings is 1. The normalized spacial score (nSPS) is 17.9. The van der Waals surface area contributed by atoms with Gasteiger partial charge in [0.1, 0.15) is 17.5 Å². The number of nitrogens with one attached hydrogen (secondary N) is 4. The number of methoxy groups -OCH3 is 1. The van der Waals surface area contributed by atoms with Gasteiger partial charge >= 0.3 is 0 Å². The van der Waals surface area contributed by atoms with Crippen molar-refractivity contribution >= 4 is 28.4 Å². The van der Waals surface area contributed by atoms with Crippen LogP contribution >= 0.6 is 11.8 Å². The summed E-state index contributed by atoms with van der Waals surface area (Å²) in [7, 11) is 3.17. The second-order valence-corrected chi connectivity index (χ2v) is 9.61. The number of amidine groups is 1. The third-order valence-electron chi connectivity index (χ3n) is 5.62. The van der Waals surface area contributed by atoms with Crippen LogP contribution in [0.3, 0.4) is 0 Å². The summed E-state index contributed by atoms with van der Waals surface area (Å²) in [5.74, 6) is 12.5. The van der Waals surface area contributed by atoms with Crippen LogP contribution in [0.5, 0.6) is 0 Å². The molecule has 1 fully saturated rings. The summed E-state index contributed by atoms with van der Waals surface area (Å²) >= 11 is 1.29.